The van der Waals surface area contributed by atoms with Crippen LogP contribution in [0.2, 0.25) is 0 Å². The monoisotopic (exact) mass is 449 g/mol. The number of nitrogens with zero attached hydrogens (tertiary/aromatic N) is 2. The Morgan fingerprint density at radius 2 is 2.09 bits per heavy atom. The zero-order valence-corrected chi connectivity index (χ0v) is 20.0. The Hall–Kier alpha value is -3.33. The largest absolute Gasteiger partial charge is 0.494 e. The molecule has 1 unspecified atom stereocenters. The van der Waals surface area contributed by atoms with E-state index in [4.69, 9.17) is 4.74 Å². The second-order valence-corrected chi connectivity index (χ2v) is 9.09. The number of fused-ring (bicyclic) bond motifs is 1. The molecule has 5 nitrogen and oxygen atoms in total. The Labute approximate surface area is 195 Å². The summed E-state index contributed by atoms with van der Waals surface area (Å²) in [4.78, 5) is 15.0. The van der Waals surface area contributed by atoms with E-state index in [9.17, 15) is 10.1 Å². The van der Waals surface area contributed by atoms with Crippen LogP contribution in [0.3, 0.4) is 0 Å². The van der Waals surface area contributed by atoms with Crippen molar-refractivity contribution < 1.29 is 13.9 Å². The fourth-order valence-electron chi connectivity index (χ4n) is 4.61. The molecule has 33 heavy (non-hydrogen) atoms. The minimum absolute atomic E-state index is 0.0695. The average Bonchev–Trinajstić information content (AvgIpc) is 2.75. The van der Waals surface area contributed by atoms with Crippen LogP contribution in [0.4, 0.5) is 15.8 Å². The van der Waals surface area contributed by atoms with Gasteiger partial charge >= 0.3 is 0 Å². The van der Waals surface area contributed by atoms with Gasteiger partial charge in [-0.2, -0.15) is 5.26 Å². The van der Waals surface area contributed by atoms with Crippen LogP contribution in [-0.4, -0.2) is 24.6 Å². The summed E-state index contributed by atoms with van der Waals surface area (Å²) >= 11 is 0. The highest BCUT2D eigenvalue weighted by Gasteiger charge is 2.36. The maximum atomic E-state index is 15.2. The van der Waals surface area contributed by atoms with Crippen molar-refractivity contribution in [2.45, 2.75) is 58.9 Å². The van der Waals surface area contributed by atoms with Crippen LogP contribution < -0.4 is 15.0 Å². The Bertz CT molecular complexity index is 1100. The molecule has 0 radical (unpaired) electrons. The van der Waals surface area contributed by atoms with E-state index >= 15 is 4.39 Å². The summed E-state index contributed by atoms with van der Waals surface area (Å²) in [6.45, 7) is 11.8. The Kier molecular flexibility index (Phi) is 7.43. The summed E-state index contributed by atoms with van der Waals surface area (Å²) in [6, 6.07) is 12.2. The van der Waals surface area contributed by atoms with Gasteiger partial charge in [0.25, 0.3) is 5.91 Å². The molecule has 0 fully saturated rings. The van der Waals surface area contributed by atoms with Crippen molar-refractivity contribution in [3.63, 3.8) is 0 Å². The lowest BCUT2D eigenvalue weighted by molar-refractivity contribution is -0.112. The second-order valence-electron chi connectivity index (χ2n) is 9.09. The summed E-state index contributed by atoms with van der Waals surface area (Å²) in [7, 11) is 0. The lowest BCUT2D eigenvalue weighted by Gasteiger charge is -2.47. The lowest BCUT2D eigenvalue weighted by Crippen LogP contribution is -2.48. The van der Waals surface area contributed by atoms with Crippen molar-refractivity contribution in [2.24, 2.45) is 0 Å². The molecule has 174 valence electrons. The van der Waals surface area contributed by atoms with Gasteiger partial charge < -0.3 is 15.0 Å². The fourth-order valence-corrected chi connectivity index (χ4v) is 4.61. The molecule has 2 aromatic rings. The van der Waals surface area contributed by atoms with E-state index in [2.05, 4.69) is 37.9 Å². The van der Waals surface area contributed by atoms with E-state index in [1.54, 1.807) is 36.4 Å². The minimum atomic E-state index is -0.593. The first-order valence-electron chi connectivity index (χ1n) is 11.5. The lowest BCUT2D eigenvalue weighted by atomic mass is 9.79. The van der Waals surface area contributed by atoms with Crippen LogP contribution in [0.1, 0.15) is 64.5 Å². The van der Waals surface area contributed by atoms with Crippen molar-refractivity contribution in [3.8, 4) is 11.8 Å². The maximum absolute atomic E-state index is 15.2. The van der Waals surface area contributed by atoms with Gasteiger partial charge in [0.05, 0.1) is 6.61 Å². The smallest absolute Gasteiger partial charge is 0.266 e. The summed E-state index contributed by atoms with van der Waals surface area (Å²) in [5, 5.41) is 12.3. The number of hydrogen-bond acceptors (Lipinski definition) is 4. The van der Waals surface area contributed by atoms with E-state index in [1.807, 2.05) is 13.0 Å². The number of amides is 1. The molecule has 1 atom stereocenters. The van der Waals surface area contributed by atoms with Crippen LogP contribution in [-0.2, 0) is 4.79 Å². The predicted molar refractivity (Wildman–Crippen MR) is 131 cm³/mol. The highest BCUT2D eigenvalue weighted by molar-refractivity contribution is 6.09. The predicted octanol–water partition coefficient (Wildman–Crippen LogP) is 6.27. The third kappa shape index (κ3) is 5.36. The van der Waals surface area contributed by atoms with Crippen LogP contribution >= 0.6 is 0 Å². The van der Waals surface area contributed by atoms with Crippen molar-refractivity contribution in [2.75, 3.05) is 23.4 Å². The molecular weight excluding hydrogens is 417 g/mol. The van der Waals surface area contributed by atoms with Gasteiger partial charge in [0.1, 0.15) is 23.2 Å². The Morgan fingerprint density at radius 3 is 2.76 bits per heavy atom. The topological polar surface area (TPSA) is 65.4 Å². The van der Waals surface area contributed by atoms with Crippen molar-refractivity contribution >= 4 is 23.4 Å². The first kappa shape index (κ1) is 24.3. The number of rotatable bonds is 7. The molecule has 1 aliphatic heterocycles. The van der Waals surface area contributed by atoms with Gasteiger partial charge in [0.15, 0.2) is 0 Å². The molecule has 1 heterocycles. The van der Waals surface area contributed by atoms with Crippen molar-refractivity contribution in [1.29, 1.82) is 5.26 Å². The van der Waals surface area contributed by atoms with Crippen LogP contribution in [0.15, 0.2) is 42.0 Å². The summed E-state index contributed by atoms with van der Waals surface area (Å²) < 4.78 is 20.6. The number of carbonyl (C=O) groups excluding carboxylic acids is 1. The second kappa shape index (κ2) is 10.1. The van der Waals surface area contributed by atoms with Crippen molar-refractivity contribution in [3.05, 3.63) is 58.9 Å². The normalized spacial score (nSPS) is 17.2. The Balaban J connectivity index is 1.93. The molecule has 6 heteroatoms. The van der Waals surface area contributed by atoms with Gasteiger partial charge in [-0.05, 0) is 75.4 Å². The van der Waals surface area contributed by atoms with Gasteiger partial charge in [0.2, 0.25) is 0 Å². The molecule has 0 aliphatic carbocycles. The quantitative estimate of drug-likeness (QED) is 0.399. The highest BCUT2D eigenvalue weighted by atomic mass is 19.1. The first-order chi connectivity index (χ1) is 15.7. The van der Waals surface area contributed by atoms with E-state index in [0.717, 1.165) is 30.6 Å². The summed E-state index contributed by atoms with van der Waals surface area (Å²) in [5.74, 6) is -0.188. The number of carbonyl (C=O) groups is 1. The maximum Gasteiger partial charge on any atom is 0.266 e. The zero-order chi connectivity index (χ0) is 24.2. The van der Waals surface area contributed by atoms with E-state index in [1.165, 1.54) is 6.08 Å². The van der Waals surface area contributed by atoms with Gasteiger partial charge in [0, 0.05) is 35.1 Å². The molecule has 0 saturated carbocycles. The molecule has 1 amide bonds. The number of nitriles is 1. The number of hydrogen-bond donors (Lipinski definition) is 1. The number of halogens is 1. The number of nitrogens with one attached hydrogen (secondary N) is 1. The van der Waals surface area contributed by atoms with Gasteiger partial charge in [-0.1, -0.05) is 19.9 Å². The standard InChI is InChI=1S/C27H32FN3O2/c1-6-11-31-25-15-24(28)19(13-23(25)18(3)16-27(31,4)5)12-20(17-29)26(32)30-21-9-8-10-22(14-21)33-7-2/h8-10,12-15,18H,6-7,11,16H2,1-5H3,(H,30,32)/b20-12+. The number of ether oxygens (including phenoxy) is 1. The molecular formula is C27H32FN3O2. The third-order valence-corrected chi connectivity index (χ3v) is 6.02. The SMILES string of the molecule is CCCN1c2cc(F)c(/C=C(\C#N)C(=O)Nc3cccc(OCC)c3)cc2C(C)CC1(C)C. The summed E-state index contributed by atoms with van der Waals surface area (Å²) in [5.41, 5.74) is 2.45. The first-order valence-corrected chi connectivity index (χ1v) is 11.5. The van der Waals surface area contributed by atoms with Crippen molar-refractivity contribution in [1.82, 2.24) is 0 Å². The van der Waals surface area contributed by atoms with Crippen LogP contribution in [0, 0.1) is 17.1 Å². The van der Waals surface area contributed by atoms with E-state index in [0.29, 0.717) is 18.0 Å². The molecule has 0 saturated heterocycles. The number of anilines is 2. The minimum Gasteiger partial charge on any atom is -0.494 e. The molecule has 3 rings (SSSR count). The van der Waals surface area contributed by atoms with E-state index < -0.39 is 11.7 Å². The third-order valence-electron chi connectivity index (χ3n) is 6.02. The average molecular weight is 450 g/mol. The fraction of sp³-hybridized carbons (Fsp3) is 0.407. The Morgan fingerprint density at radius 1 is 1.33 bits per heavy atom. The summed E-state index contributed by atoms with van der Waals surface area (Å²) in [6.07, 6.45) is 3.23. The zero-order valence-electron chi connectivity index (χ0n) is 20.0. The molecule has 0 aromatic heterocycles. The van der Waals surface area contributed by atoms with Crippen LogP contribution in [0.25, 0.3) is 6.08 Å². The number of benzene rings is 2. The molecule has 0 bridgehead atoms. The van der Waals surface area contributed by atoms with Gasteiger partial charge in [-0.25, -0.2) is 4.39 Å². The molecule has 1 aliphatic rings. The molecule has 0 spiro atoms. The molecule has 2 aromatic carbocycles. The van der Waals surface area contributed by atoms with Gasteiger partial charge in [-0.3, -0.25) is 4.79 Å². The van der Waals surface area contributed by atoms with E-state index in [-0.39, 0.29) is 22.6 Å². The molecule has 1 N–H and O–H groups in total. The highest BCUT2D eigenvalue weighted by Crippen LogP contribution is 2.44. The van der Waals surface area contributed by atoms with Gasteiger partial charge in [-0.15, -0.1) is 0 Å². The van der Waals surface area contributed by atoms with Crippen LogP contribution in [0.5, 0.6) is 5.75 Å².